The van der Waals surface area contributed by atoms with Gasteiger partial charge in [0.25, 0.3) is 0 Å². The van der Waals surface area contributed by atoms with Crippen LogP contribution in [0.2, 0.25) is 0 Å². The Morgan fingerprint density at radius 1 is 1.64 bits per heavy atom. The zero-order valence-corrected chi connectivity index (χ0v) is 7.34. The van der Waals surface area contributed by atoms with Gasteiger partial charge >= 0.3 is 0 Å². The quantitative estimate of drug-likeness (QED) is 0.606. The highest BCUT2D eigenvalue weighted by Gasteiger charge is 2.34. The van der Waals surface area contributed by atoms with Crippen molar-refractivity contribution < 1.29 is 5.11 Å². The molecule has 1 saturated carbocycles. The maximum atomic E-state index is 10.0. The van der Waals surface area contributed by atoms with E-state index in [9.17, 15) is 5.11 Å². The summed E-state index contributed by atoms with van der Waals surface area (Å²) in [7, 11) is 0. The summed E-state index contributed by atoms with van der Waals surface area (Å²) < 4.78 is 0. The molecular weight excluding hydrogens is 136 g/mol. The zero-order valence-electron chi connectivity index (χ0n) is 7.34. The lowest BCUT2D eigenvalue weighted by atomic mass is 9.74. The SMILES string of the molecule is C=CC1(O)CCCCC1CC. The van der Waals surface area contributed by atoms with Crippen LogP contribution in [-0.4, -0.2) is 10.7 Å². The molecule has 1 aliphatic carbocycles. The lowest BCUT2D eigenvalue weighted by Gasteiger charge is -2.37. The van der Waals surface area contributed by atoms with E-state index in [-0.39, 0.29) is 0 Å². The molecule has 1 nitrogen and oxygen atoms in total. The Hall–Kier alpha value is -0.300. The molecule has 64 valence electrons. The fraction of sp³-hybridized carbons (Fsp3) is 0.800. The topological polar surface area (TPSA) is 20.2 Å². The van der Waals surface area contributed by atoms with Crippen molar-refractivity contribution in [2.45, 2.75) is 44.6 Å². The Bertz CT molecular complexity index is 142. The third-order valence-electron chi connectivity index (χ3n) is 2.93. The summed E-state index contributed by atoms with van der Waals surface area (Å²) in [5.41, 5.74) is -0.549. The van der Waals surface area contributed by atoms with Crippen LogP contribution in [0.5, 0.6) is 0 Å². The lowest BCUT2D eigenvalue weighted by molar-refractivity contribution is -0.00592. The van der Waals surface area contributed by atoms with Crippen molar-refractivity contribution in [1.29, 1.82) is 0 Å². The molecule has 0 saturated heterocycles. The van der Waals surface area contributed by atoms with Crippen molar-refractivity contribution in [3.63, 3.8) is 0 Å². The molecule has 1 heteroatoms. The largest absolute Gasteiger partial charge is 0.386 e. The first-order chi connectivity index (χ1) is 5.23. The second-order valence-electron chi connectivity index (χ2n) is 3.55. The Balaban J connectivity index is 2.64. The summed E-state index contributed by atoms with van der Waals surface area (Å²) in [5.74, 6) is 0.453. The summed E-state index contributed by atoms with van der Waals surface area (Å²) in [5, 5.41) is 10.0. The van der Waals surface area contributed by atoms with Gasteiger partial charge in [0, 0.05) is 0 Å². The predicted molar refractivity (Wildman–Crippen MR) is 47.4 cm³/mol. The Kier molecular flexibility index (Phi) is 2.72. The van der Waals surface area contributed by atoms with Crippen molar-refractivity contribution in [2.75, 3.05) is 0 Å². The van der Waals surface area contributed by atoms with Crippen LogP contribution in [0.3, 0.4) is 0 Å². The molecule has 11 heavy (non-hydrogen) atoms. The molecule has 1 rings (SSSR count). The van der Waals surface area contributed by atoms with E-state index in [0.29, 0.717) is 5.92 Å². The molecule has 0 bridgehead atoms. The molecule has 2 atom stereocenters. The fourth-order valence-electron chi connectivity index (χ4n) is 2.08. The van der Waals surface area contributed by atoms with Gasteiger partial charge in [-0.1, -0.05) is 32.3 Å². The minimum Gasteiger partial charge on any atom is -0.386 e. The van der Waals surface area contributed by atoms with E-state index in [1.54, 1.807) is 6.08 Å². The van der Waals surface area contributed by atoms with Crippen LogP contribution < -0.4 is 0 Å². The smallest absolute Gasteiger partial charge is 0.0853 e. The highest BCUT2D eigenvalue weighted by atomic mass is 16.3. The molecule has 2 unspecified atom stereocenters. The molecule has 1 N–H and O–H groups in total. The van der Waals surface area contributed by atoms with Crippen LogP contribution in [-0.2, 0) is 0 Å². The van der Waals surface area contributed by atoms with Crippen LogP contribution in [0, 0.1) is 5.92 Å². The van der Waals surface area contributed by atoms with E-state index in [2.05, 4.69) is 13.5 Å². The van der Waals surface area contributed by atoms with Gasteiger partial charge in [-0.2, -0.15) is 0 Å². The second kappa shape index (κ2) is 3.40. The molecule has 0 aromatic rings. The minimum absolute atomic E-state index is 0.453. The molecule has 0 spiro atoms. The third kappa shape index (κ3) is 1.64. The molecule has 1 aliphatic rings. The number of hydrogen-bond donors (Lipinski definition) is 1. The monoisotopic (exact) mass is 154 g/mol. The van der Waals surface area contributed by atoms with Crippen molar-refractivity contribution in [2.24, 2.45) is 5.92 Å². The van der Waals surface area contributed by atoms with Gasteiger partial charge in [0.05, 0.1) is 5.60 Å². The lowest BCUT2D eigenvalue weighted by Crippen LogP contribution is -2.38. The maximum absolute atomic E-state index is 10.0. The van der Waals surface area contributed by atoms with Crippen molar-refractivity contribution in [1.82, 2.24) is 0 Å². The van der Waals surface area contributed by atoms with Crippen LogP contribution >= 0.6 is 0 Å². The molecule has 0 radical (unpaired) electrons. The first-order valence-electron chi connectivity index (χ1n) is 4.59. The van der Waals surface area contributed by atoms with Crippen LogP contribution in [0.4, 0.5) is 0 Å². The first kappa shape index (κ1) is 8.79. The highest BCUT2D eigenvalue weighted by molar-refractivity contribution is 5.01. The van der Waals surface area contributed by atoms with Gasteiger partial charge in [0.2, 0.25) is 0 Å². The van der Waals surface area contributed by atoms with Crippen LogP contribution in [0.1, 0.15) is 39.0 Å². The van der Waals surface area contributed by atoms with Crippen LogP contribution in [0.25, 0.3) is 0 Å². The van der Waals surface area contributed by atoms with Crippen molar-refractivity contribution in [3.05, 3.63) is 12.7 Å². The van der Waals surface area contributed by atoms with E-state index in [0.717, 1.165) is 19.3 Å². The van der Waals surface area contributed by atoms with E-state index in [1.165, 1.54) is 12.8 Å². The molecule has 0 amide bonds. The normalized spacial score (nSPS) is 38.5. The summed E-state index contributed by atoms with van der Waals surface area (Å²) in [6.07, 6.45) is 7.31. The molecule has 1 fully saturated rings. The average molecular weight is 154 g/mol. The molecule has 0 aliphatic heterocycles. The van der Waals surface area contributed by atoms with E-state index in [1.807, 2.05) is 0 Å². The average Bonchev–Trinajstić information content (AvgIpc) is 2.05. The predicted octanol–water partition coefficient (Wildman–Crippen LogP) is 2.50. The summed E-state index contributed by atoms with van der Waals surface area (Å²) in [6, 6.07) is 0. The summed E-state index contributed by atoms with van der Waals surface area (Å²) in [6.45, 7) is 5.85. The first-order valence-corrected chi connectivity index (χ1v) is 4.59. The van der Waals surface area contributed by atoms with Crippen LogP contribution in [0.15, 0.2) is 12.7 Å². The minimum atomic E-state index is -0.549. The molecule has 0 heterocycles. The summed E-state index contributed by atoms with van der Waals surface area (Å²) in [4.78, 5) is 0. The van der Waals surface area contributed by atoms with E-state index in [4.69, 9.17) is 0 Å². The number of hydrogen-bond acceptors (Lipinski definition) is 1. The van der Waals surface area contributed by atoms with Gasteiger partial charge in [-0.15, -0.1) is 6.58 Å². The molecule has 0 aromatic heterocycles. The maximum Gasteiger partial charge on any atom is 0.0853 e. The Morgan fingerprint density at radius 3 is 2.82 bits per heavy atom. The van der Waals surface area contributed by atoms with Gasteiger partial charge < -0.3 is 5.11 Å². The van der Waals surface area contributed by atoms with E-state index < -0.39 is 5.60 Å². The van der Waals surface area contributed by atoms with Gasteiger partial charge in [-0.05, 0) is 18.8 Å². The van der Waals surface area contributed by atoms with Crippen molar-refractivity contribution >= 4 is 0 Å². The second-order valence-corrected chi connectivity index (χ2v) is 3.55. The Labute approximate surface area is 69.1 Å². The number of rotatable bonds is 2. The fourth-order valence-corrected chi connectivity index (χ4v) is 2.08. The van der Waals surface area contributed by atoms with Gasteiger partial charge in [-0.3, -0.25) is 0 Å². The number of aliphatic hydroxyl groups is 1. The van der Waals surface area contributed by atoms with Gasteiger partial charge in [-0.25, -0.2) is 0 Å². The van der Waals surface area contributed by atoms with E-state index >= 15 is 0 Å². The summed E-state index contributed by atoms with van der Waals surface area (Å²) >= 11 is 0. The van der Waals surface area contributed by atoms with Gasteiger partial charge in [0.15, 0.2) is 0 Å². The molecular formula is C10H18O. The molecule has 0 aromatic carbocycles. The zero-order chi connectivity index (χ0) is 8.32. The van der Waals surface area contributed by atoms with Gasteiger partial charge in [0.1, 0.15) is 0 Å². The Morgan fingerprint density at radius 2 is 2.36 bits per heavy atom. The van der Waals surface area contributed by atoms with Crippen molar-refractivity contribution in [3.8, 4) is 0 Å². The standard InChI is InChI=1S/C10H18O/c1-3-9-7-5-6-8-10(9,11)4-2/h4,9,11H,2-3,5-8H2,1H3. The third-order valence-corrected chi connectivity index (χ3v) is 2.93. The highest BCUT2D eigenvalue weighted by Crippen LogP contribution is 2.36.